The normalized spacial score (nSPS) is 11.4. The molecular weight excluding hydrogens is 542 g/mol. The molecule has 0 amide bonds. The fourth-order valence-corrected chi connectivity index (χ4v) is 2.88. The summed E-state index contributed by atoms with van der Waals surface area (Å²) < 4.78 is 60.9. The molecule has 0 heterocycles. The Kier molecular flexibility index (Phi) is 11.8. The first-order chi connectivity index (χ1) is 15.4. The molecule has 176 valence electrons. The van der Waals surface area contributed by atoms with Crippen LogP contribution in [-0.4, -0.2) is 56.6 Å². The summed E-state index contributed by atoms with van der Waals surface area (Å²) in [7, 11) is 0. The molecule has 0 aliphatic heterocycles. The van der Waals surface area contributed by atoms with Crippen molar-refractivity contribution in [2.75, 3.05) is 56.0 Å². The van der Waals surface area contributed by atoms with E-state index in [9.17, 15) is 18.0 Å². The highest BCUT2D eigenvalue weighted by molar-refractivity contribution is 14.1. The number of carbonyl (C=O) groups excluding carboxylic acids is 1. The molecule has 0 atom stereocenters. The number of para-hydroxylation sites is 1. The molecule has 1 N–H and O–H groups in total. The van der Waals surface area contributed by atoms with Crippen LogP contribution in [0, 0.1) is 0 Å². The van der Waals surface area contributed by atoms with Crippen molar-refractivity contribution < 1.29 is 36.9 Å². The summed E-state index contributed by atoms with van der Waals surface area (Å²) in [6.45, 7) is 2.73. The van der Waals surface area contributed by atoms with Crippen LogP contribution < -0.4 is 5.32 Å². The van der Waals surface area contributed by atoms with Gasteiger partial charge >= 0.3 is 12.1 Å². The monoisotopic (exact) mass is 567 g/mol. The van der Waals surface area contributed by atoms with Crippen LogP contribution in [0.15, 0.2) is 48.5 Å². The zero-order valence-electron chi connectivity index (χ0n) is 17.3. The van der Waals surface area contributed by atoms with Crippen molar-refractivity contribution in [2.24, 2.45) is 0 Å². The van der Waals surface area contributed by atoms with E-state index in [4.69, 9.17) is 18.9 Å². The van der Waals surface area contributed by atoms with E-state index in [1.807, 2.05) is 0 Å². The van der Waals surface area contributed by atoms with Crippen molar-refractivity contribution >= 4 is 39.9 Å². The molecule has 0 unspecified atom stereocenters. The Balaban J connectivity index is 1.76. The van der Waals surface area contributed by atoms with Crippen molar-refractivity contribution in [3.63, 3.8) is 0 Å². The number of halogens is 4. The third kappa shape index (κ3) is 9.72. The van der Waals surface area contributed by atoms with E-state index in [1.54, 1.807) is 18.2 Å². The number of hydrogen-bond acceptors (Lipinski definition) is 6. The highest BCUT2D eigenvalue weighted by atomic mass is 127. The molecule has 2 aromatic carbocycles. The topological polar surface area (TPSA) is 66.0 Å². The fraction of sp³-hybridized carbons (Fsp3) is 0.409. The van der Waals surface area contributed by atoms with Gasteiger partial charge in [-0.25, -0.2) is 4.79 Å². The molecule has 10 heteroatoms. The van der Waals surface area contributed by atoms with Crippen LogP contribution in [0.4, 0.5) is 24.5 Å². The molecule has 0 aliphatic carbocycles. The van der Waals surface area contributed by atoms with Gasteiger partial charge in [0.25, 0.3) is 0 Å². The third-order valence-electron chi connectivity index (χ3n) is 4.04. The van der Waals surface area contributed by atoms with Gasteiger partial charge in [0.15, 0.2) is 0 Å². The van der Waals surface area contributed by atoms with Crippen LogP contribution >= 0.6 is 22.6 Å². The summed E-state index contributed by atoms with van der Waals surface area (Å²) in [5.41, 5.74) is -0.0179. The molecule has 0 saturated carbocycles. The second-order valence-electron chi connectivity index (χ2n) is 6.41. The molecule has 0 fully saturated rings. The number of benzene rings is 2. The Morgan fingerprint density at radius 2 is 1.47 bits per heavy atom. The first kappa shape index (κ1) is 26.4. The lowest BCUT2D eigenvalue weighted by atomic mass is 10.1. The van der Waals surface area contributed by atoms with Gasteiger partial charge in [0.2, 0.25) is 0 Å². The molecule has 0 aromatic heterocycles. The Hall–Kier alpha value is -1.89. The predicted molar refractivity (Wildman–Crippen MR) is 123 cm³/mol. The Morgan fingerprint density at radius 3 is 2.12 bits per heavy atom. The predicted octanol–water partition coefficient (Wildman–Crippen LogP) is 5.09. The lowest BCUT2D eigenvalue weighted by molar-refractivity contribution is -0.137. The van der Waals surface area contributed by atoms with Crippen molar-refractivity contribution in [3.05, 3.63) is 59.7 Å². The van der Waals surface area contributed by atoms with E-state index in [-0.39, 0.29) is 24.5 Å². The summed E-state index contributed by atoms with van der Waals surface area (Å²) in [5, 5.41) is 2.85. The van der Waals surface area contributed by atoms with Crippen LogP contribution in [0.2, 0.25) is 0 Å². The van der Waals surface area contributed by atoms with Crippen LogP contribution in [0.25, 0.3) is 0 Å². The van der Waals surface area contributed by atoms with Gasteiger partial charge in [-0.15, -0.1) is 0 Å². The number of rotatable bonds is 14. The summed E-state index contributed by atoms with van der Waals surface area (Å²) >= 11 is 2.23. The van der Waals surface area contributed by atoms with E-state index in [1.165, 1.54) is 18.2 Å². The van der Waals surface area contributed by atoms with E-state index >= 15 is 0 Å². The second-order valence-corrected chi connectivity index (χ2v) is 7.49. The van der Waals surface area contributed by atoms with Gasteiger partial charge in [0.05, 0.1) is 56.5 Å². The van der Waals surface area contributed by atoms with Gasteiger partial charge in [-0.3, -0.25) is 0 Å². The number of alkyl halides is 4. The second kappa shape index (κ2) is 14.3. The van der Waals surface area contributed by atoms with Crippen molar-refractivity contribution in [1.29, 1.82) is 0 Å². The van der Waals surface area contributed by atoms with Crippen LogP contribution in [-0.2, 0) is 25.1 Å². The first-order valence-corrected chi connectivity index (χ1v) is 11.4. The maximum absolute atomic E-state index is 12.9. The van der Waals surface area contributed by atoms with Gasteiger partial charge in [0.1, 0.15) is 6.61 Å². The smallest absolute Gasteiger partial charge is 0.416 e. The molecule has 6 nitrogen and oxygen atoms in total. The van der Waals surface area contributed by atoms with Crippen LogP contribution in [0.5, 0.6) is 0 Å². The van der Waals surface area contributed by atoms with E-state index in [0.717, 1.165) is 16.6 Å². The SMILES string of the molecule is O=C(OCCOCCOCCOCCI)c1ccccc1Nc1cccc(C(F)(F)F)c1. The number of carbonyl (C=O) groups is 1. The standard InChI is InChI=1S/C22H25F3INO5/c23-22(24,25)17-4-3-5-18(16-17)27-20-7-2-1-6-19(20)21(28)32-15-14-31-13-12-30-11-10-29-9-8-26/h1-7,16,27H,8-15H2. The number of esters is 1. The van der Waals surface area contributed by atoms with Gasteiger partial charge in [-0.05, 0) is 30.3 Å². The lowest BCUT2D eigenvalue weighted by Gasteiger charge is -2.13. The molecule has 0 spiro atoms. The number of ether oxygens (including phenoxy) is 4. The van der Waals surface area contributed by atoms with E-state index < -0.39 is 17.7 Å². The fourth-order valence-electron chi connectivity index (χ4n) is 2.57. The summed E-state index contributed by atoms with van der Waals surface area (Å²) in [5.74, 6) is -0.604. The molecular formula is C22H25F3INO5. The van der Waals surface area contributed by atoms with Crippen molar-refractivity contribution in [2.45, 2.75) is 6.18 Å². The largest absolute Gasteiger partial charge is 0.460 e. The van der Waals surface area contributed by atoms with Crippen molar-refractivity contribution in [1.82, 2.24) is 0 Å². The first-order valence-electron chi connectivity index (χ1n) is 9.91. The number of nitrogens with one attached hydrogen (secondary N) is 1. The van der Waals surface area contributed by atoms with Gasteiger partial charge < -0.3 is 24.3 Å². The Morgan fingerprint density at radius 1 is 0.844 bits per heavy atom. The van der Waals surface area contributed by atoms with E-state index in [0.29, 0.717) is 38.7 Å². The average Bonchev–Trinajstić information content (AvgIpc) is 2.77. The maximum atomic E-state index is 12.9. The molecule has 2 aromatic rings. The average molecular weight is 567 g/mol. The highest BCUT2D eigenvalue weighted by Crippen LogP contribution is 2.31. The minimum atomic E-state index is -4.45. The lowest BCUT2D eigenvalue weighted by Crippen LogP contribution is -2.15. The molecule has 0 radical (unpaired) electrons. The van der Waals surface area contributed by atoms with Gasteiger partial charge in [-0.2, -0.15) is 13.2 Å². The van der Waals surface area contributed by atoms with Crippen LogP contribution in [0.3, 0.4) is 0 Å². The molecule has 2 rings (SSSR count). The quantitative estimate of drug-likeness (QED) is 0.149. The van der Waals surface area contributed by atoms with E-state index in [2.05, 4.69) is 27.9 Å². The van der Waals surface area contributed by atoms with Gasteiger partial charge in [-0.1, -0.05) is 40.8 Å². The van der Waals surface area contributed by atoms with Crippen molar-refractivity contribution in [3.8, 4) is 0 Å². The minimum Gasteiger partial charge on any atom is -0.460 e. The maximum Gasteiger partial charge on any atom is 0.416 e. The Bertz CT molecular complexity index is 835. The molecule has 32 heavy (non-hydrogen) atoms. The number of anilines is 2. The summed E-state index contributed by atoms with van der Waals surface area (Å²) in [6, 6.07) is 11.2. The number of hydrogen-bond donors (Lipinski definition) is 1. The summed E-state index contributed by atoms with van der Waals surface area (Å²) in [4.78, 5) is 12.4. The van der Waals surface area contributed by atoms with Gasteiger partial charge in [0, 0.05) is 10.1 Å². The highest BCUT2D eigenvalue weighted by Gasteiger charge is 2.30. The Labute approximate surface area is 198 Å². The third-order valence-corrected chi connectivity index (χ3v) is 4.48. The zero-order chi connectivity index (χ0) is 23.2. The van der Waals surface area contributed by atoms with Crippen LogP contribution in [0.1, 0.15) is 15.9 Å². The zero-order valence-corrected chi connectivity index (χ0v) is 19.5. The summed E-state index contributed by atoms with van der Waals surface area (Å²) in [6.07, 6.45) is -4.45. The minimum absolute atomic E-state index is 0.0372. The molecule has 0 saturated heterocycles. The molecule has 0 bridgehead atoms. The molecule has 0 aliphatic rings.